The van der Waals surface area contributed by atoms with Gasteiger partial charge in [-0.3, -0.25) is 4.79 Å². The van der Waals surface area contributed by atoms with Crippen LogP contribution in [0.4, 0.5) is 0 Å². The van der Waals surface area contributed by atoms with Crippen LogP contribution in [-0.2, 0) is 4.79 Å². The first-order valence-electron chi connectivity index (χ1n) is 5.65. The molecule has 15 heavy (non-hydrogen) atoms. The highest BCUT2D eigenvalue weighted by Crippen LogP contribution is 2.27. The fraction of sp³-hybridized carbons (Fsp3) is 0.750. The van der Waals surface area contributed by atoms with Crippen LogP contribution in [0.3, 0.4) is 0 Å². The van der Waals surface area contributed by atoms with E-state index in [4.69, 9.17) is 12.2 Å². The molecule has 0 aromatic rings. The third kappa shape index (κ3) is 2.97. The van der Waals surface area contributed by atoms with E-state index < -0.39 is 5.54 Å². The Morgan fingerprint density at radius 1 is 1.60 bits per heavy atom. The van der Waals surface area contributed by atoms with Crippen LogP contribution in [0.2, 0.25) is 0 Å². The lowest BCUT2D eigenvalue weighted by Crippen LogP contribution is -2.54. The minimum atomic E-state index is -0.637. The Morgan fingerprint density at radius 2 is 2.20 bits per heavy atom. The number of carbonyl (C=O) groups excluding carboxylic acids is 1. The van der Waals surface area contributed by atoms with Gasteiger partial charge in [0.05, 0.1) is 5.54 Å². The van der Waals surface area contributed by atoms with Crippen LogP contribution in [0, 0.1) is 12.3 Å². The van der Waals surface area contributed by atoms with Crippen molar-refractivity contribution in [2.24, 2.45) is 5.73 Å². The number of hydrogen-bond donors (Lipinski definition) is 2. The van der Waals surface area contributed by atoms with Crippen molar-refractivity contribution in [3.63, 3.8) is 0 Å². The summed E-state index contributed by atoms with van der Waals surface area (Å²) in [5.74, 6) is 2.55. The highest BCUT2D eigenvalue weighted by Gasteiger charge is 2.37. The van der Waals surface area contributed by atoms with Crippen LogP contribution in [0.25, 0.3) is 0 Å². The maximum atomic E-state index is 11.9. The quantitative estimate of drug-likeness (QED) is 0.681. The van der Waals surface area contributed by atoms with Crippen molar-refractivity contribution < 1.29 is 4.79 Å². The van der Waals surface area contributed by atoms with Crippen molar-refractivity contribution in [3.8, 4) is 12.3 Å². The van der Waals surface area contributed by atoms with E-state index in [2.05, 4.69) is 11.2 Å². The molecule has 1 atom stereocenters. The lowest BCUT2D eigenvalue weighted by atomic mass is 9.97. The topological polar surface area (TPSA) is 55.1 Å². The Bertz CT molecular complexity index is 261. The van der Waals surface area contributed by atoms with Gasteiger partial charge < -0.3 is 11.1 Å². The van der Waals surface area contributed by atoms with E-state index in [1.807, 2.05) is 6.92 Å². The summed E-state index contributed by atoms with van der Waals surface area (Å²) >= 11 is 0. The van der Waals surface area contributed by atoms with Crippen molar-refractivity contribution in [2.75, 3.05) is 0 Å². The summed E-state index contributed by atoms with van der Waals surface area (Å²) in [4.78, 5) is 11.9. The van der Waals surface area contributed by atoms with Gasteiger partial charge in [-0.25, -0.2) is 0 Å². The maximum absolute atomic E-state index is 11.9. The van der Waals surface area contributed by atoms with Crippen LogP contribution in [-0.4, -0.2) is 17.5 Å². The Kier molecular flexibility index (Phi) is 4.16. The SMILES string of the molecule is C#CCC(CC)NC(=O)C1(N)CCCC1. The van der Waals surface area contributed by atoms with Crippen molar-refractivity contribution in [3.05, 3.63) is 0 Å². The van der Waals surface area contributed by atoms with Crippen LogP contribution in [0.1, 0.15) is 45.4 Å². The highest BCUT2D eigenvalue weighted by molar-refractivity contribution is 5.86. The van der Waals surface area contributed by atoms with Crippen LogP contribution >= 0.6 is 0 Å². The minimum Gasteiger partial charge on any atom is -0.351 e. The summed E-state index contributed by atoms with van der Waals surface area (Å²) in [5, 5.41) is 2.94. The molecule has 3 heteroatoms. The molecule has 0 bridgehead atoms. The van der Waals surface area contributed by atoms with Gasteiger partial charge in [-0.2, -0.15) is 0 Å². The molecule has 84 valence electrons. The molecule has 1 unspecified atom stereocenters. The highest BCUT2D eigenvalue weighted by atomic mass is 16.2. The van der Waals surface area contributed by atoms with E-state index in [1.54, 1.807) is 0 Å². The standard InChI is InChI=1S/C12H20N2O/c1-3-7-10(4-2)14-11(15)12(13)8-5-6-9-12/h1,10H,4-9,13H2,2H3,(H,14,15). The molecular weight excluding hydrogens is 188 g/mol. The first-order chi connectivity index (χ1) is 7.12. The van der Waals surface area contributed by atoms with Gasteiger partial charge in [-0.05, 0) is 19.3 Å². The summed E-state index contributed by atoms with van der Waals surface area (Å²) in [6.45, 7) is 2.01. The fourth-order valence-electron chi connectivity index (χ4n) is 2.00. The lowest BCUT2D eigenvalue weighted by molar-refractivity contribution is -0.126. The molecule has 0 aromatic carbocycles. The van der Waals surface area contributed by atoms with Crippen molar-refractivity contribution in [1.82, 2.24) is 5.32 Å². The predicted molar refractivity (Wildman–Crippen MR) is 61.1 cm³/mol. The van der Waals surface area contributed by atoms with Gasteiger partial charge in [0.1, 0.15) is 0 Å². The molecule has 1 rings (SSSR count). The largest absolute Gasteiger partial charge is 0.351 e. The van der Waals surface area contributed by atoms with E-state index >= 15 is 0 Å². The monoisotopic (exact) mass is 208 g/mol. The van der Waals surface area contributed by atoms with E-state index in [1.165, 1.54) is 0 Å². The predicted octanol–water partition coefficient (Wildman–Crippen LogP) is 1.18. The summed E-state index contributed by atoms with van der Waals surface area (Å²) in [5.41, 5.74) is 5.40. The molecule has 0 heterocycles. The van der Waals surface area contributed by atoms with Gasteiger partial charge in [0, 0.05) is 12.5 Å². The third-order valence-electron chi connectivity index (χ3n) is 3.14. The second-order valence-corrected chi connectivity index (χ2v) is 4.35. The molecule has 3 N–H and O–H groups in total. The summed E-state index contributed by atoms with van der Waals surface area (Å²) < 4.78 is 0. The van der Waals surface area contributed by atoms with Gasteiger partial charge >= 0.3 is 0 Å². The number of nitrogens with two attached hydrogens (primary N) is 1. The molecule has 0 spiro atoms. The third-order valence-corrected chi connectivity index (χ3v) is 3.14. The zero-order valence-electron chi connectivity index (χ0n) is 9.38. The zero-order chi connectivity index (χ0) is 11.3. The van der Waals surface area contributed by atoms with Crippen molar-refractivity contribution in [2.45, 2.75) is 57.0 Å². The summed E-state index contributed by atoms with van der Waals surface area (Å²) in [6.07, 6.45) is 10.4. The van der Waals surface area contributed by atoms with Crippen LogP contribution < -0.4 is 11.1 Å². The van der Waals surface area contributed by atoms with E-state index in [-0.39, 0.29) is 11.9 Å². The Morgan fingerprint density at radius 3 is 2.67 bits per heavy atom. The average molecular weight is 208 g/mol. The van der Waals surface area contributed by atoms with E-state index in [9.17, 15) is 4.79 Å². The van der Waals surface area contributed by atoms with Gasteiger partial charge in [-0.1, -0.05) is 19.8 Å². The fourth-order valence-corrected chi connectivity index (χ4v) is 2.00. The van der Waals surface area contributed by atoms with Crippen molar-refractivity contribution in [1.29, 1.82) is 0 Å². The average Bonchev–Trinajstić information content (AvgIpc) is 2.65. The molecule has 0 radical (unpaired) electrons. The second kappa shape index (κ2) is 5.18. The van der Waals surface area contributed by atoms with Gasteiger partial charge in [-0.15, -0.1) is 12.3 Å². The second-order valence-electron chi connectivity index (χ2n) is 4.35. The molecule has 3 nitrogen and oxygen atoms in total. The van der Waals surface area contributed by atoms with Gasteiger partial charge in [0.2, 0.25) is 5.91 Å². The number of terminal acetylenes is 1. The summed E-state index contributed by atoms with van der Waals surface area (Å²) in [6, 6.07) is 0.0727. The molecule has 0 aromatic heterocycles. The summed E-state index contributed by atoms with van der Waals surface area (Å²) in [7, 11) is 0. The van der Waals surface area contributed by atoms with Crippen LogP contribution in [0.15, 0.2) is 0 Å². The molecule has 0 saturated heterocycles. The van der Waals surface area contributed by atoms with E-state index in [0.29, 0.717) is 6.42 Å². The number of rotatable bonds is 4. The first-order valence-corrected chi connectivity index (χ1v) is 5.65. The Hall–Kier alpha value is -1.01. The molecule has 1 saturated carbocycles. The van der Waals surface area contributed by atoms with E-state index in [0.717, 1.165) is 32.1 Å². The molecule has 1 aliphatic rings. The number of hydrogen-bond acceptors (Lipinski definition) is 2. The normalized spacial score (nSPS) is 20.6. The van der Waals surface area contributed by atoms with Crippen LogP contribution in [0.5, 0.6) is 0 Å². The maximum Gasteiger partial charge on any atom is 0.240 e. The molecule has 1 aliphatic carbocycles. The molecule has 1 amide bonds. The Labute approximate surface area is 91.8 Å². The van der Waals surface area contributed by atoms with Crippen molar-refractivity contribution >= 4 is 5.91 Å². The zero-order valence-corrected chi connectivity index (χ0v) is 9.38. The minimum absolute atomic E-state index is 0.0258. The van der Waals surface area contributed by atoms with Gasteiger partial charge in [0.25, 0.3) is 0 Å². The first kappa shape index (κ1) is 12.1. The molecular formula is C12H20N2O. The number of amides is 1. The number of nitrogens with one attached hydrogen (secondary N) is 1. The lowest BCUT2D eigenvalue weighted by Gasteiger charge is -2.25. The molecule has 0 aliphatic heterocycles. The molecule has 1 fully saturated rings. The number of carbonyl (C=O) groups is 1. The Balaban J connectivity index is 2.50. The smallest absolute Gasteiger partial charge is 0.240 e. The van der Waals surface area contributed by atoms with Gasteiger partial charge in [0.15, 0.2) is 0 Å².